The van der Waals surface area contributed by atoms with Crippen LogP contribution in [0.1, 0.15) is 45.8 Å². The number of amides is 1. The van der Waals surface area contributed by atoms with Gasteiger partial charge in [0.05, 0.1) is 6.10 Å². The zero-order chi connectivity index (χ0) is 24.5. The molecule has 2 aromatic carbocycles. The van der Waals surface area contributed by atoms with Crippen LogP contribution in [-0.2, 0) is 4.79 Å². The van der Waals surface area contributed by atoms with Crippen LogP contribution in [0.25, 0.3) is 28.2 Å². The molecule has 6 heteroatoms. The molecule has 1 atom stereocenters. The molecule has 34 heavy (non-hydrogen) atoms. The smallest absolute Gasteiger partial charge is 0.262 e. The normalized spacial score (nSPS) is 12.4. The maximum atomic E-state index is 12.2. The van der Waals surface area contributed by atoms with Crippen LogP contribution in [0.15, 0.2) is 58.5 Å². The first-order valence-corrected chi connectivity index (χ1v) is 12.0. The number of furan rings is 1. The monoisotopic (exact) mass is 459 g/mol. The highest BCUT2D eigenvalue weighted by Gasteiger charge is 2.13. The second kappa shape index (κ2) is 12.1. The topological polar surface area (TPSA) is 89.5 Å². The Morgan fingerprint density at radius 3 is 2.47 bits per heavy atom. The fourth-order valence-corrected chi connectivity index (χ4v) is 3.82. The van der Waals surface area contributed by atoms with Crippen molar-refractivity contribution in [3.8, 4) is 17.4 Å². The van der Waals surface area contributed by atoms with Gasteiger partial charge in [-0.1, -0.05) is 39.0 Å². The number of aliphatic hydroxyl groups excluding tert-OH is 1. The molecule has 178 valence electrons. The third-order valence-electron chi connectivity index (χ3n) is 5.71. The summed E-state index contributed by atoms with van der Waals surface area (Å²) in [6, 6.07) is 18.2. The molecule has 0 saturated carbocycles. The van der Waals surface area contributed by atoms with Gasteiger partial charge < -0.3 is 19.7 Å². The van der Waals surface area contributed by atoms with Crippen molar-refractivity contribution in [3.05, 3.63) is 59.9 Å². The second-order valence-electron chi connectivity index (χ2n) is 8.38. The molecule has 1 heterocycles. The maximum absolute atomic E-state index is 12.2. The minimum atomic E-state index is -0.635. The van der Waals surface area contributed by atoms with Gasteiger partial charge in [-0.25, -0.2) is 0 Å². The first-order chi connectivity index (χ1) is 16.5. The van der Waals surface area contributed by atoms with E-state index in [1.54, 1.807) is 6.07 Å². The third-order valence-corrected chi connectivity index (χ3v) is 5.71. The lowest BCUT2D eigenvalue weighted by Crippen LogP contribution is -2.32. The molecular weight excluding hydrogens is 426 g/mol. The van der Waals surface area contributed by atoms with Crippen LogP contribution < -0.4 is 10.2 Å². The highest BCUT2D eigenvalue weighted by molar-refractivity contribution is 6.01. The summed E-state index contributed by atoms with van der Waals surface area (Å²) in [6.07, 6.45) is 3.53. The van der Waals surface area contributed by atoms with Crippen molar-refractivity contribution in [2.24, 2.45) is 0 Å². The first kappa shape index (κ1) is 25.1. The summed E-state index contributed by atoms with van der Waals surface area (Å²) in [5.74, 6) is 0.549. The van der Waals surface area contributed by atoms with Crippen LogP contribution in [0.4, 0.5) is 5.69 Å². The lowest BCUT2D eigenvalue weighted by Gasteiger charge is -2.24. The number of nitriles is 1. The van der Waals surface area contributed by atoms with E-state index in [0.29, 0.717) is 17.9 Å². The highest BCUT2D eigenvalue weighted by Crippen LogP contribution is 2.29. The summed E-state index contributed by atoms with van der Waals surface area (Å²) in [4.78, 5) is 14.6. The van der Waals surface area contributed by atoms with Crippen LogP contribution in [0, 0.1) is 11.3 Å². The fraction of sp³-hybridized carbons (Fsp3) is 0.357. The molecule has 1 unspecified atom stereocenters. The molecule has 0 saturated heterocycles. The van der Waals surface area contributed by atoms with Gasteiger partial charge in [0.2, 0.25) is 0 Å². The lowest BCUT2D eigenvalue weighted by molar-refractivity contribution is -0.117. The van der Waals surface area contributed by atoms with Crippen LogP contribution in [0.3, 0.4) is 0 Å². The van der Waals surface area contributed by atoms with E-state index in [4.69, 9.17) is 4.42 Å². The van der Waals surface area contributed by atoms with Crippen molar-refractivity contribution >= 4 is 28.4 Å². The Morgan fingerprint density at radius 2 is 1.79 bits per heavy atom. The van der Waals surface area contributed by atoms with E-state index in [0.717, 1.165) is 36.9 Å². The largest absolute Gasteiger partial charge is 0.457 e. The highest BCUT2D eigenvalue weighted by atomic mass is 16.3. The number of carbonyl (C=O) groups is 1. The Kier molecular flexibility index (Phi) is 8.89. The summed E-state index contributed by atoms with van der Waals surface area (Å²) >= 11 is 0. The van der Waals surface area contributed by atoms with Gasteiger partial charge in [-0.15, -0.1) is 0 Å². The van der Waals surface area contributed by atoms with Crippen molar-refractivity contribution in [2.75, 3.05) is 24.5 Å². The van der Waals surface area contributed by atoms with Gasteiger partial charge in [0.15, 0.2) is 0 Å². The molecule has 3 aromatic rings. The molecule has 0 aliphatic carbocycles. The summed E-state index contributed by atoms with van der Waals surface area (Å²) < 4.78 is 5.91. The Labute approximate surface area is 201 Å². The summed E-state index contributed by atoms with van der Waals surface area (Å²) in [7, 11) is 0. The van der Waals surface area contributed by atoms with Gasteiger partial charge in [0.25, 0.3) is 5.91 Å². The van der Waals surface area contributed by atoms with E-state index in [-0.39, 0.29) is 12.1 Å². The number of carbonyl (C=O) groups excluding carboxylic acids is 1. The Hall–Kier alpha value is -3.56. The quantitative estimate of drug-likeness (QED) is 0.291. The van der Waals surface area contributed by atoms with E-state index in [1.165, 1.54) is 17.1 Å². The minimum absolute atomic E-state index is 0.0704. The molecule has 0 fully saturated rings. The Balaban J connectivity index is 1.80. The van der Waals surface area contributed by atoms with Crippen molar-refractivity contribution in [3.63, 3.8) is 0 Å². The molecule has 6 nitrogen and oxygen atoms in total. The van der Waals surface area contributed by atoms with Crippen molar-refractivity contribution in [2.45, 2.75) is 46.1 Å². The molecule has 0 radical (unpaired) electrons. The SMILES string of the molecule is CCCN(CCC)c1ccc2cc(-c3ccc(/C=C(\C#N)C(=O)NCC(O)CC)o3)ccc2c1. The number of hydrogen-bond donors (Lipinski definition) is 2. The van der Waals surface area contributed by atoms with Gasteiger partial charge in [-0.2, -0.15) is 5.26 Å². The predicted molar refractivity (Wildman–Crippen MR) is 137 cm³/mol. The molecule has 0 aliphatic rings. The van der Waals surface area contributed by atoms with E-state index < -0.39 is 12.0 Å². The van der Waals surface area contributed by atoms with Crippen LogP contribution >= 0.6 is 0 Å². The number of fused-ring (bicyclic) bond motifs is 1. The number of anilines is 1. The Morgan fingerprint density at radius 1 is 1.09 bits per heavy atom. The van der Waals surface area contributed by atoms with Gasteiger partial charge in [0, 0.05) is 37.0 Å². The van der Waals surface area contributed by atoms with E-state index in [2.05, 4.69) is 54.4 Å². The van der Waals surface area contributed by atoms with Gasteiger partial charge in [0.1, 0.15) is 23.2 Å². The van der Waals surface area contributed by atoms with Crippen molar-refractivity contribution in [1.82, 2.24) is 5.32 Å². The van der Waals surface area contributed by atoms with Crippen LogP contribution in [0.5, 0.6) is 0 Å². The molecule has 0 aliphatic heterocycles. The number of rotatable bonds is 11. The number of hydrogen-bond acceptors (Lipinski definition) is 5. The van der Waals surface area contributed by atoms with E-state index in [1.807, 2.05) is 25.1 Å². The number of aliphatic hydroxyl groups is 1. The number of nitrogens with zero attached hydrogens (tertiary/aromatic N) is 2. The molecule has 1 amide bonds. The second-order valence-corrected chi connectivity index (χ2v) is 8.38. The molecule has 2 N–H and O–H groups in total. The third kappa shape index (κ3) is 6.27. The van der Waals surface area contributed by atoms with Crippen molar-refractivity contribution < 1.29 is 14.3 Å². The molecule has 3 rings (SSSR count). The zero-order valence-electron chi connectivity index (χ0n) is 20.2. The first-order valence-electron chi connectivity index (χ1n) is 12.0. The summed E-state index contributed by atoms with van der Waals surface area (Å²) in [5, 5.41) is 23.8. The Bertz CT molecular complexity index is 1180. The van der Waals surface area contributed by atoms with Crippen LogP contribution in [0.2, 0.25) is 0 Å². The number of benzene rings is 2. The molecule has 0 bridgehead atoms. The summed E-state index contributed by atoms with van der Waals surface area (Å²) in [5.41, 5.74) is 2.09. The van der Waals surface area contributed by atoms with E-state index >= 15 is 0 Å². The summed E-state index contributed by atoms with van der Waals surface area (Å²) in [6.45, 7) is 8.41. The lowest BCUT2D eigenvalue weighted by atomic mass is 10.0. The van der Waals surface area contributed by atoms with Gasteiger partial charge in [-0.3, -0.25) is 4.79 Å². The van der Waals surface area contributed by atoms with Crippen LogP contribution in [-0.4, -0.2) is 36.8 Å². The predicted octanol–water partition coefficient (Wildman–Crippen LogP) is 5.52. The average Bonchev–Trinajstić information content (AvgIpc) is 3.33. The molecule has 0 spiro atoms. The van der Waals surface area contributed by atoms with E-state index in [9.17, 15) is 15.2 Å². The number of nitrogens with one attached hydrogen (secondary N) is 1. The van der Waals surface area contributed by atoms with Crippen molar-refractivity contribution in [1.29, 1.82) is 5.26 Å². The molecular formula is C28H33N3O3. The maximum Gasteiger partial charge on any atom is 0.262 e. The average molecular weight is 460 g/mol. The zero-order valence-corrected chi connectivity index (χ0v) is 20.2. The molecule has 1 aromatic heterocycles. The van der Waals surface area contributed by atoms with Gasteiger partial charge in [-0.05, 0) is 60.4 Å². The fourth-order valence-electron chi connectivity index (χ4n) is 3.82. The van der Waals surface area contributed by atoms with Gasteiger partial charge >= 0.3 is 0 Å². The minimum Gasteiger partial charge on any atom is -0.457 e. The standard InChI is InChI=1S/C28H33N3O3/c1-4-13-31(14-5-2)24-10-9-20-15-22(8-7-21(20)16-24)27-12-11-26(34-27)17-23(18-29)28(33)30-19-25(32)6-3/h7-12,15-17,25,32H,4-6,13-14,19H2,1-3H3,(H,30,33)/b23-17+.